The maximum atomic E-state index is 14.1. The molecule has 0 spiro atoms. The molecule has 236 valence electrons. The van der Waals surface area contributed by atoms with Gasteiger partial charge in [0.15, 0.2) is 23.7 Å². The van der Waals surface area contributed by atoms with E-state index in [9.17, 15) is 13.2 Å². The van der Waals surface area contributed by atoms with Crippen LogP contribution in [0.5, 0.6) is 0 Å². The molecule has 2 fully saturated rings. The van der Waals surface area contributed by atoms with Gasteiger partial charge in [-0.05, 0) is 30.3 Å². The van der Waals surface area contributed by atoms with Crippen molar-refractivity contribution in [2.24, 2.45) is 0 Å². The second kappa shape index (κ2) is 13.1. The van der Waals surface area contributed by atoms with Crippen LogP contribution in [-0.4, -0.2) is 62.4 Å². The lowest BCUT2D eigenvalue weighted by atomic mass is 9.95. The monoisotopic (exact) mass is 667 g/mol. The van der Waals surface area contributed by atoms with Crippen molar-refractivity contribution in [2.75, 3.05) is 13.7 Å². The highest BCUT2D eigenvalue weighted by Crippen LogP contribution is 2.46. The third-order valence-corrected chi connectivity index (χ3v) is 9.15. The molecule has 2 aliphatic heterocycles. The number of pyridine rings is 2. The molecule has 2 saturated heterocycles. The summed E-state index contributed by atoms with van der Waals surface area (Å²) < 4.78 is 68.8. The topological polar surface area (TPSA) is 93.4 Å². The molecule has 0 N–H and O–H groups in total. The Kier molecular flexibility index (Phi) is 8.77. The van der Waals surface area contributed by atoms with E-state index < -0.39 is 53.5 Å². The first-order valence-corrected chi connectivity index (χ1v) is 15.4. The molecule has 0 aliphatic carbocycles. The first kappa shape index (κ1) is 30.8. The molecule has 2 aromatic carbocycles. The first-order chi connectivity index (χ1) is 22.4. The van der Waals surface area contributed by atoms with Crippen molar-refractivity contribution in [3.8, 4) is 22.5 Å². The molecule has 14 heteroatoms. The number of halogens is 4. The molecule has 0 bridgehead atoms. The van der Waals surface area contributed by atoms with Gasteiger partial charge in [-0.1, -0.05) is 58.9 Å². The van der Waals surface area contributed by atoms with Crippen molar-refractivity contribution in [1.82, 2.24) is 25.0 Å². The molecule has 3 unspecified atom stereocenters. The fraction of sp³-hybridized carbons (Fsp3) is 0.250. The average Bonchev–Trinajstić information content (AvgIpc) is 3.57. The van der Waals surface area contributed by atoms with Crippen LogP contribution in [-0.2, 0) is 18.9 Å². The molecule has 6 atom stereocenters. The Balaban J connectivity index is 1.27. The molecule has 5 heterocycles. The average molecular weight is 668 g/mol. The highest BCUT2D eigenvalue weighted by Gasteiger charge is 2.52. The Morgan fingerprint density at radius 1 is 0.978 bits per heavy atom. The molecule has 3 aromatic heterocycles. The van der Waals surface area contributed by atoms with Gasteiger partial charge in [0.25, 0.3) is 0 Å². The second-order valence-electron chi connectivity index (χ2n) is 10.6. The molecule has 7 rings (SSSR count). The number of methoxy groups -OCH3 is 1. The van der Waals surface area contributed by atoms with Crippen LogP contribution in [0.3, 0.4) is 0 Å². The molecule has 0 saturated carbocycles. The molecule has 0 radical (unpaired) electrons. The van der Waals surface area contributed by atoms with Gasteiger partial charge in [-0.25, -0.2) is 17.9 Å². The normalized spacial score (nSPS) is 24.5. The van der Waals surface area contributed by atoms with Crippen LogP contribution in [0.1, 0.15) is 17.9 Å². The van der Waals surface area contributed by atoms with E-state index in [4.69, 9.17) is 30.5 Å². The van der Waals surface area contributed by atoms with Crippen LogP contribution in [0.4, 0.5) is 13.2 Å². The smallest absolute Gasteiger partial charge is 0.194 e. The lowest BCUT2D eigenvalue weighted by Gasteiger charge is -2.48. The van der Waals surface area contributed by atoms with E-state index in [2.05, 4.69) is 20.3 Å². The zero-order chi connectivity index (χ0) is 31.8. The maximum Gasteiger partial charge on any atom is 0.194 e. The van der Waals surface area contributed by atoms with Crippen LogP contribution in [0, 0.1) is 17.5 Å². The summed E-state index contributed by atoms with van der Waals surface area (Å²) in [6.07, 6.45) is 3.84. The third-order valence-electron chi connectivity index (χ3n) is 7.76. The van der Waals surface area contributed by atoms with E-state index in [1.807, 2.05) is 42.5 Å². The molecule has 5 aromatic rings. The van der Waals surface area contributed by atoms with Crippen molar-refractivity contribution >= 4 is 23.4 Å². The van der Waals surface area contributed by atoms with Gasteiger partial charge in [0.05, 0.1) is 23.5 Å². The number of thioether (sulfide) groups is 1. The van der Waals surface area contributed by atoms with Gasteiger partial charge in [0.2, 0.25) is 0 Å². The number of hydrogen-bond donors (Lipinski definition) is 0. The van der Waals surface area contributed by atoms with Crippen LogP contribution >= 0.6 is 23.4 Å². The second-order valence-corrected chi connectivity index (χ2v) is 12.2. The fourth-order valence-electron chi connectivity index (χ4n) is 5.61. The molecule has 2 aliphatic rings. The highest BCUT2D eigenvalue weighted by atomic mass is 35.5. The number of ether oxygens (including phenoxy) is 4. The summed E-state index contributed by atoms with van der Waals surface area (Å²) >= 11 is 7.76. The Hall–Kier alpha value is -3.85. The summed E-state index contributed by atoms with van der Waals surface area (Å²) in [4.78, 5) is 9.42. The van der Waals surface area contributed by atoms with Crippen molar-refractivity contribution in [1.29, 1.82) is 0 Å². The van der Waals surface area contributed by atoms with Crippen LogP contribution in [0.25, 0.3) is 22.5 Å². The van der Waals surface area contributed by atoms with Gasteiger partial charge in [0.1, 0.15) is 35.5 Å². The number of benzene rings is 2. The minimum absolute atomic E-state index is 0.0215. The van der Waals surface area contributed by atoms with Gasteiger partial charge in [-0.3, -0.25) is 9.97 Å². The summed E-state index contributed by atoms with van der Waals surface area (Å²) in [5.41, 5.74) is 1.83. The summed E-state index contributed by atoms with van der Waals surface area (Å²) in [5.74, 6) is -4.23. The summed E-state index contributed by atoms with van der Waals surface area (Å²) in [7, 11) is 1.55. The van der Waals surface area contributed by atoms with E-state index >= 15 is 0 Å². The van der Waals surface area contributed by atoms with E-state index in [-0.39, 0.29) is 17.9 Å². The zero-order valence-corrected chi connectivity index (χ0v) is 25.6. The van der Waals surface area contributed by atoms with Crippen LogP contribution < -0.4 is 0 Å². The fourth-order valence-corrected chi connectivity index (χ4v) is 7.17. The Bertz CT molecular complexity index is 1820. The Morgan fingerprint density at radius 2 is 1.74 bits per heavy atom. The van der Waals surface area contributed by atoms with Crippen molar-refractivity contribution < 1.29 is 32.1 Å². The summed E-state index contributed by atoms with van der Waals surface area (Å²) in [6.45, 7) is 0.190. The predicted octanol–water partition coefficient (Wildman–Crippen LogP) is 6.66. The minimum Gasteiger partial charge on any atom is -0.375 e. The number of hydrogen-bond acceptors (Lipinski definition) is 9. The quantitative estimate of drug-likeness (QED) is 0.177. The predicted molar refractivity (Wildman–Crippen MR) is 162 cm³/mol. The minimum atomic E-state index is -1.56. The van der Waals surface area contributed by atoms with Gasteiger partial charge in [-0.2, -0.15) is 0 Å². The summed E-state index contributed by atoms with van der Waals surface area (Å²) in [6, 6.07) is 16.1. The lowest BCUT2D eigenvalue weighted by molar-refractivity contribution is -0.308. The van der Waals surface area contributed by atoms with Gasteiger partial charge < -0.3 is 18.9 Å². The molecule has 46 heavy (non-hydrogen) atoms. The Morgan fingerprint density at radius 3 is 2.48 bits per heavy atom. The number of nitrogens with zero attached hydrogens (tertiary/aromatic N) is 5. The van der Waals surface area contributed by atoms with E-state index in [1.165, 1.54) is 22.6 Å². The standard InChI is InChI=1S/C32H25ClF3N5O4S/c1-42-30-28(41-15-23(39-40-41)19-11-21(34)26(36)22(35)12-19)29-24(16-43-31(45-29)18-5-3-2-4-6-18)44-32(30)46-25-13-20(33)14-38-27(25)17-7-9-37-10-8-17/h2-15,24,28-32H,16H2,1H3/t24?,28?,29-,30-,31?,32+/m0/s1. The molecule has 0 amide bonds. The lowest BCUT2D eigenvalue weighted by Crippen LogP contribution is -2.59. The summed E-state index contributed by atoms with van der Waals surface area (Å²) in [5, 5.41) is 8.93. The van der Waals surface area contributed by atoms with Gasteiger partial charge >= 0.3 is 0 Å². The first-order valence-electron chi connectivity index (χ1n) is 14.2. The van der Waals surface area contributed by atoms with Crippen molar-refractivity contribution in [2.45, 2.75) is 41.0 Å². The SMILES string of the molecule is CO[C@H]1C(n2cc(-c3cc(F)c(F)c(F)c3)nn2)[C@H]2OC(c3ccccc3)OCC2O[C@@H]1Sc1cc(Cl)cnc1-c1ccncc1. The zero-order valence-electron chi connectivity index (χ0n) is 24.0. The van der Waals surface area contributed by atoms with Gasteiger partial charge in [-0.15, -0.1) is 5.10 Å². The van der Waals surface area contributed by atoms with E-state index in [0.29, 0.717) is 10.7 Å². The maximum absolute atomic E-state index is 14.1. The van der Waals surface area contributed by atoms with E-state index in [0.717, 1.165) is 28.2 Å². The van der Waals surface area contributed by atoms with Crippen molar-refractivity contribution in [3.63, 3.8) is 0 Å². The molecule has 9 nitrogen and oxygen atoms in total. The number of rotatable bonds is 7. The Labute approximate surface area is 270 Å². The number of aromatic nitrogens is 5. The molecular weight excluding hydrogens is 643 g/mol. The largest absolute Gasteiger partial charge is 0.375 e. The van der Waals surface area contributed by atoms with Crippen molar-refractivity contribution in [3.05, 3.63) is 113 Å². The molecular formula is C32H25ClF3N5O4S. The third kappa shape index (κ3) is 6.01. The number of fused-ring (bicyclic) bond motifs is 1. The van der Waals surface area contributed by atoms with Crippen LogP contribution in [0.2, 0.25) is 5.02 Å². The van der Waals surface area contributed by atoms with E-state index in [1.54, 1.807) is 31.8 Å². The van der Waals surface area contributed by atoms with Crippen LogP contribution in [0.15, 0.2) is 90.3 Å². The van der Waals surface area contributed by atoms with Gasteiger partial charge in [0, 0.05) is 47.3 Å². The highest BCUT2D eigenvalue weighted by molar-refractivity contribution is 8.00.